The second-order valence-corrected chi connectivity index (χ2v) is 7.67. The van der Waals surface area contributed by atoms with E-state index < -0.39 is 0 Å². The van der Waals surface area contributed by atoms with E-state index in [1.54, 1.807) is 43.3 Å². The van der Waals surface area contributed by atoms with Crippen molar-refractivity contribution < 1.29 is 14.4 Å². The zero-order valence-corrected chi connectivity index (χ0v) is 17.9. The third-order valence-electron chi connectivity index (χ3n) is 5.23. The van der Waals surface area contributed by atoms with Gasteiger partial charge in [0.25, 0.3) is 5.91 Å². The lowest BCUT2D eigenvalue weighted by atomic mass is 10.1. The van der Waals surface area contributed by atoms with E-state index in [-0.39, 0.29) is 24.3 Å². The van der Waals surface area contributed by atoms with Crippen molar-refractivity contribution in [3.05, 3.63) is 54.1 Å². The summed E-state index contributed by atoms with van der Waals surface area (Å²) in [6.45, 7) is 3.51. The highest BCUT2D eigenvalue weighted by atomic mass is 16.2. The number of hydrogen-bond acceptors (Lipinski definition) is 4. The van der Waals surface area contributed by atoms with Gasteiger partial charge < -0.3 is 20.9 Å². The van der Waals surface area contributed by atoms with Crippen molar-refractivity contribution in [2.45, 2.75) is 39.0 Å². The number of hydrogen-bond donors (Lipinski definition) is 3. The first-order chi connectivity index (χ1) is 15.0. The summed E-state index contributed by atoms with van der Waals surface area (Å²) in [5.74, 6) is -0.215. The summed E-state index contributed by atoms with van der Waals surface area (Å²) in [5.41, 5.74) is 2.69. The molecule has 0 unspecified atom stereocenters. The van der Waals surface area contributed by atoms with E-state index in [0.29, 0.717) is 23.4 Å². The van der Waals surface area contributed by atoms with Crippen molar-refractivity contribution in [3.8, 4) is 0 Å². The summed E-state index contributed by atoms with van der Waals surface area (Å²) in [6, 6.07) is 14.3. The molecule has 3 amide bonds. The van der Waals surface area contributed by atoms with Gasteiger partial charge in [-0.05, 0) is 55.3 Å². The molecule has 0 spiro atoms. The Labute approximate surface area is 183 Å². The van der Waals surface area contributed by atoms with Crippen LogP contribution in [-0.2, 0) is 9.59 Å². The average Bonchev–Trinajstić information content (AvgIpc) is 3.07. The molecule has 3 N–H and O–H groups in total. The minimum absolute atomic E-state index is 0.0706. The van der Waals surface area contributed by atoms with Crippen LogP contribution >= 0.6 is 0 Å². The second-order valence-electron chi connectivity index (χ2n) is 7.67. The standard InChI is InChI=1S/C24H30N4O3/c1-2-22(29)26-20-8-7-9-21(16-20)27-23(30)17-25-19-12-10-18(11-13-19)24(31)28-14-5-3-4-6-15-28/h7-13,16,25H,2-6,14-15,17H2,1H3,(H,26,29)(H,27,30). The molecular formula is C24H30N4O3. The van der Waals surface area contributed by atoms with E-state index in [1.165, 1.54) is 12.8 Å². The van der Waals surface area contributed by atoms with E-state index in [2.05, 4.69) is 16.0 Å². The van der Waals surface area contributed by atoms with Gasteiger partial charge in [0, 0.05) is 42.1 Å². The van der Waals surface area contributed by atoms with Crippen LogP contribution in [-0.4, -0.2) is 42.3 Å². The molecule has 0 aliphatic carbocycles. The molecule has 1 aliphatic rings. The summed E-state index contributed by atoms with van der Waals surface area (Å²) < 4.78 is 0. The number of anilines is 3. The minimum atomic E-state index is -0.205. The predicted molar refractivity (Wildman–Crippen MR) is 123 cm³/mol. The fourth-order valence-corrected chi connectivity index (χ4v) is 3.50. The Bertz CT molecular complexity index is 903. The zero-order valence-electron chi connectivity index (χ0n) is 17.9. The van der Waals surface area contributed by atoms with Crippen molar-refractivity contribution >= 4 is 34.8 Å². The highest BCUT2D eigenvalue weighted by molar-refractivity contribution is 5.96. The molecule has 0 saturated carbocycles. The van der Waals surface area contributed by atoms with Gasteiger partial charge in [-0.1, -0.05) is 25.8 Å². The Hall–Kier alpha value is -3.35. The van der Waals surface area contributed by atoms with E-state index in [0.717, 1.165) is 31.6 Å². The third kappa shape index (κ3) is 6.84. The lowest BCUT2D eigenvalue weighted by molar-refractivity contribution is -0.116. The van der Waals surface area contributed by atoms with Crippen LogP contribution in [0.3, 0.4) is 0 Å². The number of rotatable bonds is 7. The first-order valence-electron chi connectivity index (χ1n) is 10.9. The van der Waals surface area contributed by atoms with Gasteiger partial charge in [-0.15, -0.1) is 0 Å². The maximum atomic E-state index is 12.7. The Kier molecular flexibility index (Phi) is 8.04. The monoisotopic (exact) mass is 422 g/mol. The number of likely N-dealkylation sites (tertiary alicyclic amines) is 1. The highest BCUT2D eigenvalue weighted by Gasteiger charge is 2.17. The molecule has 31 heavy (non-hydrogen) atoms. The van der Waals surface area contributed by atoms with Crippen LogP contribution in [0, 0.1) is 0 Å². The van der Waals surface area contributed by atoms with Gasteiger partial charge in [0.1, 0.15) is 0 Å². The normalized spacial score (nSPS) is 13.8. The number of benzene rings is 2. The van der Waals surface area contributed by atoms with Crippen LogP contribution in [0.2, 0.25) is 0 Å². The van der Waals surface area contributed by atoms with E-state index in [4.69, 9.17) is 0 Å². The van der Waals surface area contributed by atoms with Crippen LogP contribution in [0.5, 0.6) is 0 Å². The average molecular weight is 423 g/mol. The lowest BCUT2D eigenvalue weighted by Gasteiger charge is -2.20. The minimum Gasteiger partial charge on any atom is -0.376 e. The van der Waals surface area contributed by atoms with Gasteiger partial charge in [-0.3, -0.25) is 14.4 Å². The van der Waals surface area contributed by atoms with Crippen molar-refractivity contribution in [3.63, 3.8) is 0 Å². The SMILES string of the molecule is CCC(=O)Nc1cccc(NC(=O)CNc2ccc(C(=O)N3CCCCCC3)cc2)c1. The van der Waals surface area contributed by atoms with Crippen LogP contribution in [0.25, 0.3) is 0 Å². The Morgan fingerprint density at radius 2 is 1.42 bits per heavy atom. The molecule has 3 rings (SSSR count). The molecule has 0 radical (unpaired) electrons. The number of nitrogens with zero attached hydrogens (tertiary/aromatic N) is 1. The van der Waals surface area contributed by atoms with Crippen molar-refractivity contribution in [1.82, 2.24) is 4.90 Å². The van der Waals surface area contributed by atoms with E-state index in [9.17, 15) is 14.4 Å². The van der Waals surface area contributed by atoms with Crippen LogP contribution < -0.4 is 16.0 Å². The molecule has 1 aliphatic heterocycles. The smallest absolute Gasteiger partial charge is 0.253 e. The number of amides is 3. The van der Waals surface area contributed by atoms with Crippen molar-refractivity contribution in [2.24, 2.45) is 0 Å². The molecule has 1 saturated heterocycles. The van der Waals surface area contributed by atoms with Crippen LogP contribution in [0.1, 0.15) is 49.4 Å². The van der Waals surface area contributed by atoms with E-state index >= 15 is 0 Å². The molecule has 1 heterocycles. The largest absolute Gasteiger partial charge is 0.376 e. The molecule has 7 heteroatoms. The zero-order chi connectivity index (χ0) is 22.1. The predicted octanol–water partition coefficient (Wildman–Crippen LogP) is 4.10. The molecule has 2 aromatic rings. The van der Waals surface area contributed by atoms with Gasteiger partial charge >= 0.3 is 0 Å². The third-order valence-corrected chi connectivity index (χ3v) is 5.23. The number of carbonyl (C=O) groups is 3. The van der Waals surface area contributed by atoms with Gasteiger partial charge in [-0.2, -0.15) is 0 Å². The van der Waals surface area contributed by atoms with E-state index in [1.807, 2.05) is 17.0 Å². The number of nitrogens with one attached hydrogen (secondary N) is 3. The summed E-state index contributed by atoms with van der Waals surface area (Å²) in [5, 5.41) is 8.65. The van der Waals surface area contributed by atoms with Gasteiger partial charge in [0.05, 0.1) is 6.54 Å². The summed E-state index contributed by atoms with van der Waals surface area (Å²) >= 11 is 0. The summed E-state index contributed by atoms with van der Waals surface area (Å²) in [6.07, 6.45) is 4.89. The topological polar surface area (TPSA) is 90.5 Å². The van der Waals surface area contributed by atoms with Crippen molar-refractivity contribution in [2.75, 3.05) is 35.6 Å². The molecule has 0 atom stereocenters. The molecule has 0 aromatic heterocycles. The Morgan fingerprint density at radius 1 is 0.806 bits per heavy atom. The van der Waals surface area contributed by atoms with Gasteiger partial charge in [-0.25, -0.2) is 0 Å². The summed E-state index contributed by atoms with van der Waals surface area (Å²) in [4.78, 5) is 38.4. The van der Waals surface area contributed by atoms with Crippen LogP contribution in [0.4, 0.5) is 17.1 Å². The molecule has 1 fully saturated rings. The number of carbonyl (C=O) groups excluding carboxylic acids is 3. The first-order valence-corrected chi connectivity index (χ1v) is 10.9. The first kappa shape index (κ1) is 22.3. The molecule has 0 bridgehead atoms. The lowest BCUT2D eigenvalue weighted by Crippen LogP contribution is -2.31. The second kappa shape index (κ2) is 11.2. The Morgan fingerprint density at radius 3 is 2.03 bits per heavy atom. The molecular weight excluding hydrogens is 392 g/mol. The fraction of sp³-hybridized carbons (Fsp3) is 0.375. The summed E-state index contributed by atoms with van der Waals surface area (Å²) in [7, 11) is 0. The quantitative estimate of drug-likeness (QED) is 0.627. The molecule has 2 aromatic carbocycles. The highest BCUT2D eigenvalue weighted by Crippen LogP contribution is 2.17. The molecule has 7 nitrogen and oxygen atoms in total. The fourth-order valence-electron chi connectivity index (χ4n) is 3.50. The molecule has 164 valence electrons. The Balaban J connectivity index is 1.49. The van der Waals surface area contributed by atoms with Crippen molar-refractivity contribution in [1.29, 1.82) is 0 Å². The van der Waals surface area contributed by atoms with Crippen LogP contribution in [0.15, 0.2) is 48.5 Å². The van der Waals surface area contributed by atoms with Gasteiger partial charge in [0.15, 0.2) is 0 Å². The maximum absolute atomic E-state index is 12.7. The van der Waals surface area contributed by atoms with Gasteiger partial charge in [0.2, 0.25) is 11.8 Å². The maximum Gasteiger partial charge on any atom is 0.253 e.